The zero-order valence-electron chi connectivity index (χ0n) is 20.3. The first kappa shape index (κ1) is 23.5. The van der Waals surface area contributed by atoms with Crippen molar-refractivity contribution in [3.05, 3.63) is 54.2 Å². The summed E-state index contributed by atoms with van der Waals surface area (Å²) in [6.45, 7) is 5.60. The van der Waals surface area contributed by atoms with E-state index in [0.29, 0.717) is 5.56 Å². The lowest BCUT2D eigenvalue weighted by molar-refractivity contribution is 0.0488. The second-order valence-electron chi connectivity index (χ2n) is 9.95. The third-order valence-electron chi connectivity index (χ3n) is 6.16. The second kappa shape index (κ2) is 9.68. The number of rotatable bonds is 5. The fourth-order valence-corrected chi connectivity index (χ4v) is 4.54. The fraction of sp³-hybridized carbons (Fsp3) is 0.407. The highest BCUT2D eigenvalue weighted by molar-refractivity contribution is 5.94. The number of aromatic nitrogens is 1. The molecule has 2 atom stereocenters. The number of benzene rings is 2. The largest absolute Gasteiger partial charge is 0.444 e. The summed E-state index contributed by atoms with van der Waals surface area (Å²) >= 11 is 0. The first-order valence-corrected chi connectivity index (χ1v) is 11.8. The summed E-state index contributed by atoms with van der Waals surface area (Å²) in [5, 5.41) is 20.9. The number of hydrogen-bond acceptors (Lipinski definition) is 5. The molecule has 1 heterocycles. The van der Waals surface area contributed by atoms with Gasteiger partial charge in [0.25, 0.3) is 0 Å². The number of carbonyl (C=O) groups excluding carboxylic acids is 1. The second-order valence-corrected chi connectivity index (χ2v) is 9.95. The van der Waals surface area contributed by atoms with E-state index < -0.39 is 5.60 Å². The fourth-order valence-electron chi connectivity index (χ4n) is 4.54. The Balaban J connectivity index is 1.53. The molecule has 1 amide bonds. The van der Waals surface area contributed by atoms with Gasteiger partial charge in [0, 0.05) is 41.6 Å². The van der Waals surface area contributed by atoms with Gasteiger partial charge in [0.05, 0.1) is 17.3 Å². The highest BCUT2D eigenvalue weighted by atomic mass is 16.6. The van der Waals surface area contributed by atoms with E-state index in [-0.39, 0.29) is 18.2 Å². The molecule has 0 bridgehead atoms. The van der Waals surface area contributed by atoms with Gasteiger partial charge in [0.1, 0.15) is 11.7 Å². The molecule has 1 fully saturated rings. The van der Waals surface area contributed by atoms with E-state index in [1.807, 2.05) is 64.3 Å². The maximum atomic E-state index is 12.4. The molecule has 7 heteroatoms. The molecule has 1 aromatic heterocycles. The van der Waals surface area contributed by atoms with Crippen molar-refractivity contribution in [3.8, 4) is 6.07 Å². The van der Waals surface area contributed by atoms with Crippen molar-refractivity contribution in [2.45, 2.75) is 64.1 Å². The summed E-state index contributed by atoms with van der Waals surface area (Å²) in [5.41, 5.74) is 3.77. The number of hydrogen-bond donors (Lipinski definition) is 3. The molecular formula is C27H33N5O2. The van der Waals surface area contributed by atoms with Crippen LogP contribution in [0.25, 0.3) is 10.9 Å². The van der Waals surface area contributed by atoms with Crippen LogP contribution in [0.3, 0.4) is 0 Å². The van der Waals surface area contributed by atoms with E-state index in [1.54, 1.807) is 0 Å². The number of anilines is 3. The molecule has 1 aliphatic rings. The van der Waals surface area contributed by atoms with Gasteiger partial charge in [-0.05, 0) is 70.0 Å². The highest BCUT2D eigenvalue weighted by Crippen LogP contribution is 2.31. The molecule has 4 rings (SSSR count). The first-order valence-electron chi connectivity index (χ1n) is 11.8. The Morgan fingerprint density at radius 3 is 2.59 bits per heavy atom. The third-order valence-corrected chi connectivity index (χ3v) is 6.16. The van der Waals surface area contributed by atoms with E-state index in [4.69, 9.17) is 4.74 Å². The molecule has 1 aliphatic carbocycles. The first-order chi connectivity index (χ1) is 16.2. The molecule has 3 aromatic rings. The number of nitrogens with one attached hydrogen (secondary N) is 3. The Morgan fingerprint density at radius 1 is 1.09 bits per heavy atom. The molecule has 0 radical (unpaired) electrons. The van der Waals surface area contributed by atoms with Crippen LogP contribution in [-0.4, -0.2) is 28.3 Å². The van der Waals surface area contributed by atoms with Gasteiger partial charge < -0.3 is 25.3 Å². The van der Waals surface area contributed by atoms with Crippen LogP contribution < -0.4 is 16.0 Å². The van der Waals surface area contributed by atoms with Crippen molar-refractivity contribution in [2.24, 2.45) is 7.05 Å². The number of nitriles is 1. The zero-order valence-corrected chi connectivity index (χ0v) is 20.3. The molecule has 1 saturated carbocycles. The number of ether oxygens (including phenoxy) is 1. The zero-order chi connectivity index (χ0) is 24.3. The highest BCUT2D eigenvalue weighted by Gasteiger charge is 2.28. The van der Waals surface area contributed by atoms with Crippen LogP contribution >= 0.6 is 0 Å². The summed E-state index contributed by atoms with van der Waals surface area (Å²) in [4.78, 5) is 12.4. The van der Waals surface area contributed by atoms with Crippen LogP contribution in [0.2, 0.25) is 0 Å². The molecule has 0 spiro atoms. The van der Waals surface area contributed by atoms with Crippen LogP contribution in [0.1, 0.15) is 52.0 Å². The number of aryl methyl sites for hydroxylation is 1. The lowest BCUT2D eigenvalue weighted by Crippen LogP contribution is -2.49. The molecule has 7 nitrogen and oxygen atoms in total. The van der Waals surface area contributed by atoms with Gasteiger partial charge >= 0.3 is 6.09 Å². The average Bonchev–Trinajstić information content (AvgIpc) is 3.16. The van der Waals surface area contributed by atoms with Gasteiger partial charge in [-0.25, -0.2) is 4.79 Å². The van der Waals surface area contributed by atoms with Crippen LogP contribution in [0.5, 0.6) is 0 Å². The lowest BCUT2D eigenvalue weighted by Gasteiger charge is -2.34. The predicted octanol–water partition coefficient (Wildman–Crippen LogP) is 6.04. The lowest BCUT2D eigenvalue weighted by atomic mass is 9.90. The van der Waals surface area contributed by atoms with E-state index in [1.165, 1.54) is 0 Å². The Kier molecular flexibility index (Phi) is 6.69. The van der Waals surface area contributed by atoms with Crippen molar-refractivity contribution in [2.75, 3.05) is 10.6 Å². The molecule has 34 heavy (non-hydrogen) atoms. The molecule has 2 aromatic carbocycles. The monoisotopic (exact) mass is 459 g/mol. The van der Waals surface area contributed by atoms with E-state index in [2.05, 4.69) is 38.7 Å². The van der Waals surface area contributed by atoms with Gasteiger partial charge in [-0.15, -0.1) is 0 Å². The molecule has 178 valence electrons. The number of fused-ring (bicyclic) bond motifs is 1. The molecule has 0 saturated heterocycles. The maximum absolute atomic E-state index is 12.4. The average molecular weight is 460 g/mol. The van der Waals surface area contributed by atoms with Gasteiger partial charge in [-0.1, -0.05) is 18.9 Å². The third kappa shape index (κ3) is 5.45. The molecular weight excluding hydrogens is 426 g/mol. The predicted molar refractivity (Wildman–Crippen MR) is 136 cm³/mol. The quantitative estimate of drug-likeness (QED) is 0.433. The van der Waals surface area contributed by atoms with Crippen LogP contribution in [0, 0.1) is 11.3 Å². The summed E-state index contributed by atoms with van der Waals surface area (Å²) in [5.74, 6) is 0. The summed E-state index contributed by atoms with van der Waals surface area (Å²) in [7, 11) is 2.02. The summed E-state index contributed by atoms with van der Waals surface area (Å²) < 4.78 is 7.54. The minimum absolute atomic E-state index is 0.0197. The molecule has 2 unspecified atom stereocenters. The Labute approximate surface area is 201 Å². The van der Waals surface area contributed by atoms with Crippen molar-refractivity contribution < 1.29 is 9.53 Å². The van der Waals surface area contributed by atoms with Crippen LogP contribution in [0.4, 0.5) is 21.9 Å². The maximum Gasteiger partial charge on any atom is 0.407 e. The summed E-state index contributed by atoms with van der Waals surface area (Å²) in [6.07, 6.45) is 5.66. The topological polar surface area (TPSA) is 91.1 Å². The Hall–Kier alpha value is -3.66. The SMILES string of the molecule is Cn1ccc2c(Nc3cc(NC4CCCCC4NC(=O)OC(C)(C)C)ccc3C#N)cccc21. The number of nitrogens with zero attached hydrogens (tertiary/aromatic N) is 2. The molecule has 3 N–H and O–H groups in total. The number of carbonyl (C=O) groups is 1. The van der Waals surface area contributed by atoms with E-state index in [9.17, 15) is 10.1 Å². The standard InChI is InChI=1S/C27H33N5O2/c1-27(2,3)34-26(33)31-23-9-6-5-8-22(23)29-19-13-12-18(17-28)24(16-19)30-21-10-7-11-25-20(21)14-15-32(25)4/h7,10-16,22-23,29-30H,5-6,8-9H2,1-4H3,(H,31,33). The van der Waals surface area contributed by atoms with Gasteiger partial charge in [-0.3, -0.25) is 0 Å². The van der Waals surface area contributed by atoms with Crippen LogP contribution in [-0.2, 0) is 11.8 Å². The minimum atomic E-state index is -0.531. The Bertz CT molecular complexity index is 1220. The normalized spacial score (nSPS) is 18.2. The van der Waals surface area contributed by atoms with Crippen molar-refractivity contribution >= 4 is 34.1 Å². The number of alkyl carbamates (subject to hydrolysis) is 1. The van der Waals surface area contributed by atoms with Crippen LogP contribution in [0.15, 0.2) is 48.7 Å². The van der Waals surface area contributed by atoms with E-state index >= 15 is 0 Å². The van der Waals surface area contributed by atoms with Gasteiger partial charge in [0.2, 0.25) is 0 Å². The summed E-state index contributed by atoms with van der Waals surface area (Å²) in [6, 6.07) is 16.2. The van der Waals surface area contributed by atoms with Gasteiger partial charge in [-0.2, -0.15) is 5.26 Å². The van der Waals surface area contributed by atoms with E-state index in [0.717, 1.165) is 53.6 Å². The van der Waals surface area contributed by atoms with Crippen molar-refractivity contribution in [1.82, 2.24) is 9.88 Å². The van der Waals surface area contributed by atoms with Crippen molar-refractivity contribution in [3.63, 3.8) is 0 Å². The Morgan fingerprint density at radius 2 is 1.85 bits per heavy atom. The van der Waals surface area contributed by atoms with Crippen molar-refractivity contribution in [1.29, 1.82) is 5.26 Å². The smallest absolute Gasteiger partial charge is 0.407 e. The van der Waals surface area contributed by atoms with Gasteiger partial charge in [0.15, 0.2) is 0 Å². The number of amides is 1. The minimum Gasteiger partial charge on any atom is -0.444 e. The molecule has 0 aliphatic heterocycles.